The van der Waals surface area contributed by atoms with Crippen LogP contribution in [0.3, 0.4) is 0 Å². The number of nitrogens with one attached hydrogen (secondary N) is 1. The van der Waals surface area contributed by atoms with Gasteiger partial charge >= 0.3 is 5.97 Å². The third kappa shape index (κ3) is 4.52. The Kier molecular flexibility index (Phi) is 7.47. The Hall–Kier alpha value is -2.81. The van der Waals surface area contributed by atoms with E-state index in [0.29, 0.717) is 6.42 Å². The zero-order valence-corrected chi connectivity index (χ0v) is 22.6. The number of esters is 1. The first-order chi connectivity index (χ1) is 17.7. The van der Waals surface area contributed by atoms with E-state index < -0.39 is 76.2 Å². The summed E-state index contributed by atoms with van der Waals surface area (Å²) in [5.74, 6) is -4.14. The van der Waals surface area contributed by atoms with Crippen molar-refractivity contribution in [3.63, 3.8) is 0 Å². The summed E-state index contributed by atoms with van der Waals surface area (Å²) in [6, 6.07) is 9.21. The molecule has 1 saturated carbocycles. The highest BCUT2D eigenvalue weighted by Crippen LogP contribution is 2.60. The lowest BCUT2D eigenvalue weighted by Crippen LogP contribution is -2.68. The number of ether oxygens (including phenoxy) is 1. The molecule has 38 heavy (non-hydrogen) atoms. The van der Waals surface area contributed by atoms with Crippen LogP contribution in [0.5, 0.6) is 0 Å². The summed E-state index contributed by atoms with van der Waals surface area (Å²) in [5.41, 5.74) is -3.95. The highest BCUT2D eigenvalue weighted by molar-refractivity contribution is 5.91. The fourth-order valence-corrected chi connectivity index (χ4v) is 6.95. The van der Waals surface area contributed by atoms with Crippen molar-refractivity contribution >= 4 is 17.7 Å². The number of aliphatic hydroxyl groups is 3. The average Bonchev–Trinajstić information content (AvgIpc) is 3.13. The van der Waals surface area contributed by atoms with Gasteiger partial charge in [-0.25, -0.2) is 0 Å². The fraction of sp³-hybridized carbons (Fsp3) is 0.567. The van der Waals surface area contributed by atoms with Gasteiger partial charge in [0, 0.05) is 30.7 Å². The van der Waals surface area contributed by atoms with E-state index in [2.05, 4.69) is 5.32 Å². The largest absolute Gasteiger partial charge is 0.457 e. The molecule has 1 aromatic rings. The monoisotopic (exact) mass is 525 g/mol. The first-order valence-corrected chi connectivity index (χ1v) is 13.3. The van der Waals surface area contributed by atoms with Crippen molar-refractivity contribution in [2.24, 2.45) is 29.1 Å². The van der Waals surface area contributed by atoms with E-state index in [0.717, 1.165) is 5.56 Å². The molecule has 1 aliphatic heterocycles. The molecule has 1 spiro atoms. The van der Waals surface area contributed by atoms with Crippen molar-refractivity contribution in [1.82, 2.24) is 5.32 Å². The second-order valence-corrected chi connectivity index (χ2v) is 11.7. The van der Waals surface area contributed by atoms with E-state index in [1.54, 1.807) is 32.9 Å². The van der Waals surface area contributed by atoms with Crippen molar-refractivity contribution < 1.29 is 34.4 Å². The van der Waals surface area contributed by atoms with Gasteiger partial charge in [0.05, 0.1) is 11.7 Å². The van der Waals surface area contributed by atoms with Crippen LogP contribution < -0.4 is 5.32 Å². The van der Waals surface area contributed by atoms with Crippen LogP contribution in [-0.4, -0.2) is 62.4 Å². The third-order valence-electron chi connectivity index (χ3n) is 9.08. The lowest BCUT2D eigenvalue weighted by Gasteiger charge is -2.57. The minimum absolute atomic E-state index is 0.262. The highest BCUT2D eigenvalue weighted by atomic mass is 16.5. The van der Waals surface area contributed by atoms with E-state index >= 15 is 0 Å². The summed E-state index contributed by atoms with van der Waals surface area (Å²) in [7, 11) is 0. The van der Waals surface area contributed by atoms with Gasteiger partial charge in [-0.3, -0.25) is 14.4 Å². The van der Waals surface area contributed by atoms with Crippen LogP contribution in [0.15, 0.2) is 54.6 Å². The standard InChI is InChI=1S/C30H39NO7/c1-17-10-9-13-21-26(34)29(5,37)18(2)24-22(16-20-11-7-6-8-12-20)31-27(35)30(21,24)23(38-19(3)32)14-15-28(4,36)25(17)33/h6-9,11-15,17-18,21-24,26,34,36-37H,10,16H2,1-5H3,(H,31,35). The minimum Gasteiger partial charge on any atom is -0.457 e. The fourth-order valence-electron chi connectivity index (χ4n) is 6.95. The number of ketones is 1. The van der Waals surface area contributed by atoms with Gasteiger partial charge in [0.15, 0.2) is 5.78 Å². The van der Waals surface area contributed by atoms with E-state index in [-0.39, 0.29) is 6.42 Å². The molecule has 2 aliphatic carbocycles. The normalized spacial score (nSPS) is 43.0. The smallest absolute Gasteiger partial charge is 0.303 e. The minimum atomic E-state index is -1.86. The number of amides is 1. The topological polar surface area (TPSA) is 133 Å². The molecule has 1 amide bonds. The Morgan fingerprint density at radius 2 is 1.76 bits per heavy atom. The third-order valence-corrected chi connectivity index (χ3v) is 9.08. The molecule has 2 fully saturated rings. The first-order valence-electron chi connectivity index (χ1n) is 13.3. The van der Waals surface area contributed by atoms with Gasteiger partial charge in [0.25, 0.3) is 0 Å². The van der Waals surface area contributed by atoms with Crippen LogP contribution >= 0.6 is 0 Å². The second-order valence-electron chi connectivity index (χ2n) is 11.7. The molecule has 1 aromatic carbocycles. The molecule has 206 valence electrons. The number of rotatable bonds is 3. The molecule has 0 aromatic heterocycles. The Morgan fingerprint density at radius 1 is 1.11 bits per heavy atom. The summed E-state index contributed by atoms with van der Waals surface area (Å²) < 4.78 is 5.79. The summed E-state index contributed by atoms with van der Waals surface area (Å²) >= 11 is 0. The van der Waals surface area contributed by atoms with Crippen molar-refractivity contribution in [2.45, 2.75) is 76.9 Å². The van der Waals surface area contributed by atoms with Crippen LogP contribution in [0.1, 0.15) is 46.6 Å². The van der Waals surface area contributed by atoms with E-state index in [1.165, 1.54) is 26.0 Å². The number of aliphatic hydroxyl groups excluding tert-OH is 1. The molecular weight excluding hydrogens is 486 g/mol. The predicted octanol–water partition coefficient (Wildman–Crippen LogP) is 2.11. The number of hydrogen-bond donors (Lipinski definition) is 4. The molecule has 8 nitrogen and oxygen atoms in total. The zero-order chi connectivity index (χ0) is 28.0. The van der Waals surface area contributed by atoms with Crippen LogP contribution in [0.2, 0.25) is 0 Å². The SMILES string of the molecule is CC(=O)OC1C=CC(C)(O)C(=O)C(C)CC=CC2C(O)C(C)(O)C(C)C3C(Cc4ccccc4)NC(=O)C123. The maximum atomic E-state index is 14.2. The van der Waals surface area contributed by atoms with Gasteiger partial charge in [0.1, 0.15) is 17.1 Å². The summed E-state index contributed by atoms with van der Waals surface area (Å²) in [6.45, 7) is 7.67. The number of hydrogen-bond acceptors (Lipinski definition) is 7. The lowest BCUT2D eigenvalue weighted by atomic mass is 9.48. The van der Waals surface area contributed by atoms with Gasteiger partial charge in [0.2, 0.25) is 5.91 Å². The van der Waals surface area contributed by atoms with Gasteiger partial charge in [-0.05, 0) is 50.3 Å². The molecule has 0 radical (unpaired) electrons. The molecular formula is C30H39NO7. The van der Waals surface area contributed by atoms with Crippen molar-refractivity contribution in [3.05, 3.63) is 60.2 Å². The number of carbonyl (C=O) groups excluding carboxylic acids is 3. The van der Waals surface area contributed by atoms with Gasteiger partial charge in [-0.2, -0.15) is 0 Å². The van der Waals surface area contributed by atoms with Crippen molar-refractivity contribution in [2.75, 3.05) is 0 Å². The number of Topliss-reactive ketones (excluding diaryl/α,β-unsaturated/α-hetero) is 1. The Labute approximate surface area is 223 Å². The zero-order valence-electron chi connectivity index (χ0n) is 22.6. The number of benzene rings is 1. The molecule has 4 N–H and O–H groups in total. The Balaban J connectivity index is 1.97. The predicted molar refractivity (Wildman–Crippen MR) is 141 cm³/mol. The maximum Gasteiger partial charge on any atom is 0.303 e. The van der Waals surface area contributed by atoms with Gasteiger partial charge in [-0.1, -0.05) is 56.3 Å². The quantitative estimate of drug-likeness (QED) is 0.351. The number of carbonyl (C=O) groups is 3. The number of allylic oxidation sites excluding steroid dienone is 1. The Bertz CT molecular complexity index is 1140. The molecule has 8 heteroatoms. The summed E-state index contributed by atoms with van der Waals surface area (Å²) in [5, 5.41) is 37.3. The lowest BCUT2D eigenvalue weighted by molar-refractivity contribution is -0.217. The van der Waals surface area contributed by atoms with Crippen LogP contribution in [-0.2, 0) is 25.5 Å². The second kappa shape index (κ2) is 10.1. The maximum absolute atomic E-state index is 14.2. The van der Waals surface area contributed by atoms with Crippen LogP contribution in [0, 0.1) is 29.1 Å². The van der Waals surface area contributed by atoms with Crippen LogP contribution in [0.4, 0.5) is 0 Å². The van der Waals surface area contributed by atoms with Gasteiger partial charge < -0.3 is 25.4 Å². The van der Waals surface area contributed by atoms with E-state index in [9.17, 15) is 29.7 Å². The van der Waals surface area contributed by atoms with Crippen molar-refractivity contribution in [3.8, 4) is 0 Å². The summed E-state index contributed by atoms with van der Waals surface area (Å²) in [6.07, 6.45) is 4.23. The van der Waals surface area contributed by atoms with Crippen LogP contribution in [0.25, 0.3) is 0 Å². The van der Waals surface area contributed by atoms with Crippen molar-refractivity contribution in [1.29, 1.82) is 0 Å². The van der Waals surface area contributed by atoms with Gasteiger partial charge in [-0.15, -0.1) is 0 Å². The highest BCUT2D eigenvalue weighted by Gasteiger charge is 2.72. The molecule has 1 saturated heterocycles. The molecule has 0 bridgehead atoms. The van der Waals surface area contributed by atoms with E-state index in [1.807, 2.05) is 30.3 Å². The molecule has 10 unspecified atom stereocenters. The summed E-state index contributed by atoms with van der Waals surface area (Å²) in [4.78, 5) is 39.6. The molecule has 3 aliphatic rings. The average molecular weight is 526 g/mol. The van der Waals surface area contributed by atoms with E-state index in [4.69, 9.17) is 4.74 Å². The molecule has 1 heterocycles. The molecule has 4 rings (SSSR count). The first kappa shape index (κ1) is 28.2. The Morgan fingerprint density at radius 3 is 2.39 bits per heavy atom. The molecule has 10 atom stereocenters.